The molecule has 0 spiro atoms. The monoisotopic (exact) mass is 230 g/mol. The topological polar surface area (TPSA) is 69.9 Å². The van der Waals surface area contributed by atoms with E-state index in [1.165, 1.54) is 0 Å². The van der Waals surface area contributed by atoms with Gasteiger partial charge >= 0.3 is 0 Å². The standard InChI is InChI=1S/C12H22O4/c1-2-8-16-9-6-11(14)12(15)7-4-3-5-10(12)13/h2,10-11,13-15H,1,3-9H2/t10-,11?,12+/m1/s1. The van der Waals surface area contributed by atoms with Crippen LogP contribution in [0.2, 0.25) is 0 Å². The van der Waals surface area contributed by atoms with Gasteiger partial charge in [0.2, 0.25) is 0 Å². The largest absolute Gasteiger partial charge is 0.390 e. The van der Waals surface area contributed by atoms with Gasteiger partial charge in [-0.2, -0.15) is 0 Å². The van der Waals surface area contributed by atoms with Gasteiger partial charge in [-0.1, -0.05) is 18.9 Å². The second kappa shape index (κ2) is 6.35. The van der Waals surface area contributed by atoms with E-state index in [2.05, 4.69) is 6.58 Å². The van der Waals surface area contributed by atoms with Gasteiger partial charge in [0.15, 0.2) is 0 Å². The van der Waals surface area contributed by atoms with E-state index < -0.39 is 17.8 Å². The van der Waals surface area contributed by atoms with Crippen LogP contribution in [0, 0.1) is 0 Å². The van der Waals surface area contributed by atoms with Gasteiger partial charge in [0.1, 0.15) is 5.60 Å². The van der Waals surface area contributed by atoms with Gasteiger partial charge in [-0.05, 0) is 19.3 Å². The number of hydrogen-bond donors (Lipinski definition) is 3. The fourth-order valence-corrected chi connectivity index (χ4v) is 2.16. The molecule has 1 unspecified atom stereocenters. The zero-order valence-electron chi connectivity index (χ0n) is 9.64. The molecule has 4 heteroatoms. The van der Waals surface area contributed by atoms with E-state index in [-0.39, 0.29) is 0 Å². The maximum Gasteiger partial charge on any atom is 0.116 e. The van der Waals surface area contributed by atoms with Crippen LogP contribution in [-0.2, 0) is 4.74 Å². The Balaban J connectivity index is 2.37. The smallest absolute Gasteiger partial charge is 0.116 e. The minimum absolute atomic E-state index is 0.335. The molecule has 0 amide bonds. The summed E-state index contributed by atoms with van der Waals surface area (Å²) in [4.78, 5) is 0. The Hall–Kier alpha value is -0.420. The van der Waals surface area contributed by atoms with Crippen LogP contribution >= 0.6 is 0 Å². The highest BCUT2D eigenvalue weighted by atomic mass is 16.5. The Morgan fingerprint density at radius 3 is 2.88 bits per heavy atom. The lowest BCUT2D eigenvalue weighted by Gasteiger charge is -2.40. The highest BCUT2D eigenvalue weighted by molar-refractivity contribution is 4.95. The Morgan fingerprint density at radius 2 is 2.25 bits per heavy atom. The van der Waals surface area contributed by atoms with Gasteiger partial charge in [0.25, 0.3) is 0 Å². The molecule has 3 N–H and O–H groups in total. The van der Waals surface area contributed by atoms with E-state index >= 15 is 0 Å². The molecule has 94 valence electrons. The van der Waals surface area contributed by atoms with Crippen molar-refractivity contribution in [3.05, 3.63) is 12.7 Å². The molecule has 0 saturated heterocycles. The second-order valence-electron chi connectivity index (χ2n) is 4.42. The van der Waals surface area contributed by atoms with Crippen LogP contribution in [0.5, 0.6) is 0 Å². The Kier molecular flexibility index (Phi) is 5.41. The first-order chi connectivity index (χ1) is 7.61. The van der Waals surface area contributed by atoms with Gasteiger partial charge in [-0.25, -0.2) is 0 Å². The summed E-state index contributed by atoms with van der Waals surface area (Å²) < 4.78 is 5.15. The summed E-state index contributed by atoms with van der Waals surface area (Å²) in [6.07, 6.45) is 2.99. The molecule has 0 aromatic heterocycles. The molecule has 0 aliphatic heterocycles. The van der Waals surface area contributed by atoms with E-state index in [0.29, 0.717) is 32.5 Å². The Morgan fingerprint density at radius 1 is 1.50 bits per heavy atom. The quantitative estimate of drug-likeness (QED) is 0.462. The van der Waals surface area contributed by atoms with Crippen molar-refractivity contribution in [1.82, 2.24) is 0 Å². The molecular weight excluding hydrogens is 208 g/mol. The van der Waals surface area contributed by atoms with Crippen molar-refractivity contribution in [2.75, 3.05) is 13.2 Å². The molecule has 0 bridgehead atoms. The predicted molar refractivity (Wildman–Crippen MR) is 61.1 cm³/mol. The van der Waals surface area contributed by atoms with Crippen LogP contribution in [0.25, 0.3) is 0 Å². The summed E-state index contributed by atoms with van der Waals surface area (Å²) in [5.41, 5.74) is -1.35. The third-order valence-electron chi connectivity index (χ3n) is 3.23. The van der Waals surface area contributed by atoms with E-state index in [9.17, 15) is 15.3 Å². The lowest BCUT2D eigenvalue weighted by Crippen LogP contribution is -2.54. The van der Waals surface area contributed by atoms with Gasteiger partial charge in [-0.15, -0.1) is 6.58 Å². The van der Waals surface area contributed by atoms with Crippen LogP contribution in [0.1, 0.15) is 32.1 Å². The molecule has 0 aromatic carbocycles. The minimum atomic E-state index is -1.35. The minimum Gasteiger partial charge on any atom is -0.390 e. The third-order valence-corrected chi connectivity index (χ3v) is 3.23. The highest BCUT2D eigenvalue weighted by Crippen LogP contribution is 2.32. The van der Waals surface area contributed by atoms with Crippen molar-refractivity contribution in [3.63, 3.8) is 0 Å². The molecule has 16 heavy (non-hydrogen) atoms. The number of rotatable bonds is 6. The molecule has 1 saturated carbocycles. The van der Waals surface area contributed by atoms with E-state index in [1.807, 2.05) is 0 Å². The van der Waals surface area contributed by atoms with Crippen molar-refractivity contribution >= 4 is 0 Å². The van der Waals surface area contributed by atoms with Gasteiger partial charge < -0.3 is 20.1 Å². The molecule has 1 rings (SSSR count). The van der Waals surface area contributed by atoms with Crippen LogP contribution < -0.4 is 0 Å². The zero-order valence-corrected chi connectivity index (χ0v) is 9.64. The summed E-state index contributed by atoms with van der Waals surface area (Å²) in [6.45, 7) is 4.32. The van der Waals surface area contributed by atoms with Crippen molar-refractivity contribution < 1.29 is 20.1 Å². The number of aliphatic hydroxyl groups is 3. The van der Waals surface area contributed by atoms with E-state index in [4.69, 9.17) is 4.74 Å². The Labute approximate surface area is 96.6 Å². The maximum atomic E-state index is 10.2. The maximum absolute atomic E-state index is 10.2. The highest BCUT2D eigenvalue weighted by Gasteiger charge is 2.43. The van der Waals surface area contributed by atoms with Gasteiger partial charge in [-0.3, -0.25) is 0 Å². The van der Waals surface area contributed by atoms with Gasteiger partial charge in [0.05, 0.1) is 18.8 Å². The first-order valence-corrected chi connectivity index (χ1v) is 5.88. The summed E-state index contributed by atoms with van der Waals surface area (Å²) in [5.74, 6) is 0. The van der Waals surface area contributed by atoms with Crippen molar-refractivity contribution in [3.8, 4) is 0 Å². The molecule has 0 aromatic rings. The fourth-order valence-electron chi connectivity index (χ4n) is 2.16. The molecular formula is C12H22O4. The summed E-state index contributed by atoms with van der Waals surface area (Å²) in [6, 6.07) is 0. The SMILES string of the molecule is C=CCOCCC(O)[C@]1(O)CCCC[C@H]1O. The summed E-state index contributed by atoms with van der Waals surface area (Å²) in [7, 11) is 0. The predicted octanol–water partition coefficient (Wildman–Crippen LogP) is 0.606. The van der Waals surface area contributed by atoms with Crippen LogP contribution in [0.15, 0.2) is 12.7 Å². The average molecular weight is 230 g/mol. The van der Waals surface area contributed by atoms with Gasteiger partial charge in [0, 0.05) is 6.61 Å². The van der Waals surface area contributed by atoms with E-state index in [0.717, 1.165) is 12.8 Å². The molecule has 0 radical (unpaired) electrons. The zero-order chi connectivity index (χ0) is 12.0. The summed E-state index contributed by atoms with van der Waals surface area (Å²) in [5, 5.41) is 29.8. The number of aliphatic hydroxyl groups excluding tert-OH is 2. The Bertz CT molecular complexity index is 219. The first kappa shape index (κ1) is 13.6. The molecule has 0 heterocycles. The van der Waals surface area contributed by atoms with Crippen molar-refractivity contribution in [2.45, 2.75) is 49.9 Å². The third kappa shape index (κ3) is 3.28. The van der Waals surface area contributed by atoms with Crippen molar-refractivity contribution in [2.24, 2.45) is 0 Å². The number of hydrogen-bond acceptors (Lipinski definition) is 4. The van der Waals surface area contributed by atoms with E-state index in [1.54, 1.807) is 6.08 Å². The van der Waals surface area contributed by atoms with Crippen LogP contribution in [0.3, 0.4) is 0 Å². The number of ether oxygens (including phenoxy) is 1. The summed E-state index contributed by atoms with van der Waals surface area (Å²) >= 11 is 0. The first-order valence-electron chi connectivity index (χ1n) is 5.88. The average Bonchev–Trinajstić information content (AvgIpc) is 2.28. The lowest BCUT2D eigenvalue weighted by atomic mass is 9.77. The fraction of sp³-hybridized carbons (Fsp3) is 0.833. The molecule has 4 nitrogen and oxygen atoms in total. The normalized spacial score (nSPS) is 32.3. The van der Waals surface area contributed by atoms with Crippen molar-refractivity contribution in [1.29, 1.82) is 0 Å². The molecule has 1 aliphatic carbocycles. The lowest BCUT2D eigenvalue weighted by molar-refractivity contribution is -0.168. The molecule has 3 atom stereocenters. The van der Waals surface area contributed by atoms with Crippen LogP contribution in [0.4, 0.5) is 0 Å². The molecule has 1 aliphatic rings. The molecule has 1 fully saturated rings. The second-order valence-corrected chi connectivity index (χ2v) is 4.42. The van der Waals surface area contributed by atoms with Crippen LogP contribution in [-0.4, -0.2) is 46.3 Å².